The van der Waals surface area contributed by atoms with Crippen LogP contribution in [0.2, 0.25) is 10.0 Å². The molecule has 5 nitrogen and oxygen atoms in total. The SMILES string of the molecule is O=C(/C=C/c1c(Cl)cccc1Cl)N[C@@H](CO)C(=O)O. The fourth-order valence-electron chi connectivity index (χ4n) is 1.23. The second kappa shape index (κ2) is 7.13. The van der Waals surface area contributed by atoms with Crippen molar-refractivity contribution in [2.75, 3.05) is 6.61 Å². The Labute approximate surface area is 119 Å². The lowest BCUT2D eigenvalue weighted by atomic mass is 10.2. The Bertz CT molecular complexity index is 496. The van der Waals surface area contributed by atoms with Gasteiger partial charge >= 0.3 is 5.97 Å². The molecule has 19 heavy (non-hydrogen) atoms. The van der Waals surface area contributed by atoms with Gasteiger partial charge in [0.25, 0.3) is 0 Å². The number of halogens is 2. The van der Waals surface area contributed by atoms with Crippen LogP contribution in [0.5, 0.6) is 0 Å². The number of carboxylic acid groups (broad SMARTS) is 1. The van der Waals surface area contributed by atoms with Crippen molar-refractivity contribution in [3.05, 3.63) is 39.9 Å². The molecule has 102 valence electrons. The van der Waals surface area contributed by atoms with Crippen LogP contribution in [-0.2, 0) is 9.59 Å². The first-order valence-electron chi connectivity index (χ1n) is 5.22. The largest absolute Gasteiger partial charge is 0.480 e. The van der Waals surface area contributed by atoms with Crippen molar-refractivity contribution in [3.63, 3.8) is 0 Å². The summed E-state index contributed by atoms with van der Waals surface area (Å²) in [4.78, 5) is 22.1. The van der Waals surface area contributed by atoms with Crippen LogP contribution in [0.4, 0.5) is 0 Å². The molecule has 1 aromatic rings. The van der Waals surface area contributed by atoms with Crippen LogP contribution in [0.15, 0.2) is 24.3 Å². The molecule has 3 N–H and O–H groups in total. The minimum Gasteiger partial charge on any atom is -0.480 e. The summed E-state index contributed by atoms with van der Waals surface area (Å²) in [6, 6.07) is 3.53. The lowest BCUT2D eigenvalue weighted by Crippen LogP contribution is -2.42. The normalized spacial score (nSPS) is 12.4. The van der Waals surface area contributed by atoms with E-state index in [9.17, 15) is 9.59 Å². The van der Waals surface area contributed by atoms with E-state index >= 15 is 0 Å². The molecule has 1 rings (SSSR count). The Morgan fingerprint density at radius 2 is 1.89 bits per heavy atom. The van der Waals surface area contributed by atoms with E-state index in [1.165, 1.54) is 6.08 Å². The molecule has 0 aromatic heterocycles. The molecule has 7 heteroatoms. The maximum Gasteiger partial charge on any atom is 0.328 e. The van der Waals surface area contributed by atoms with Crippen molar-refractivity contribution in [3.8, 4) is 0 Å². The quantitative estimate of drug-likeness (QED) is 0.721. The Kier molecular flexibility index (Phi) is 5.82. The van der Waals surface area contributed by atoms with Crippen LogP contribution >= 0.6 is 23.2 Å². The molecule has 0 bridgehead atoms. The highest BCUT2D eigenvalue weighted by atomic mass is 35.5. The molecule has 0 fully saturated rings. The van der Waals surface area contributed by atoms with E-state index in [2.05, 4.69) is 5.32 Å². The fraction of sp³-hybridized carbons (Fsp3) is 0.167. The number of aliphatic hydroxyl groups is 1. The van der Waals surface area contributed by atoms with Gasteiger partial charge in [0.1, 0.15) is 0 Å². The Morgan fingerprint density at radius 1 is 1.32 bits per heavy atom. The standard InChI is InChI=1S/C12H11Cl2NO4/c13-8-2-1-3-9(14)7(8)4-5-11(17)15-10(6-16)12(18)19/h1-5,10,16H,6H2,(H,15,17)(H,18,19)/b5-4+/t10-/m0/s1. The molecule has 0 unspecified atom stereocenters. The molecule has 0 radical (unpaired) electrons. The van der Waals surface area contributed by atoms with Crippen LogP contribution in [0.25, 0.3) is 6.08 Å². The molecule has 0 aliphatic heterocycles. The van der Waals surface area contributed by atoms with Gasteiger partial charge in [-0.05, 0) is 18.2 Å². The van der Waals surface area contributed by atoms with Gasteiger partial charge in [-0.2, -0.15) is 0 Å². The highest BCUT2D eigenvalue weighted by molar-refractivity contribution is 6.37. The highest BCUT2D eigenvalue weighted by Gasteiger charge is 2.17. The van der Waals surface area contributed by atoms with Gasteiger partial charge in [0.05, 0.1) is 6.61 Å². The Hall–Kier alpha value is -1.56. The van der Waals surface area contributed by atoms with Crippen molar-refractivity contribution in [1.82, 2.24) is 5.32 Å². The zero-order valence-electron chi connectivity index (χ0n) is 9.64. The van der Waals surface area contributed by atoms with Gasteiger partial charge in [0.2, 0.25) is 5.91 Å². The summed E-state index contributed by atoms with van der Waals surface area (Å²) in [6.45, 7) is -0.693. The summed E-state index contributed by atoms with van der Waals surface area (Å²) >= 11 is 11.8. The van der Waals surface area contributed by atoms with Gasteiger partial charge in [-0.1, -0.05) is 29.3 Å². The van der Waals surface area contributed by atoms with Crippen LogP contribution in [0.1, 0.15) is 5.56 Å². The summed E-state index contributed by atoms with van der Waals surface area (Å²) in [7, 11) is 0. The van der Waals surface area contributed by atoms with E-state index in [0.717, 1.165) is 6.08 Å². The summed E-state index contributed by atoms with van der Waals surface area (Å²) in [5.41, 5.74) is 0.455. The molecule has 0 heterocycles. The van der Waals surface area contributed by atoms with Crippen molar-refractivity contribution >= 4 is 41.2 Å². The molecule has 0 saturated carbocycles. The number of carbonyl (C=O) groups is 2. The minimum atomic E-state index is -1.35. The minimum absolute atomic E-state index is 0.369. The first-order valence-corrected chi connectivity index (χ1v) is 5.97. The lowest BCUT2D eigenvalue weighted by molar-refractivity contribution is -0.142. The van der Waals surface area contributed by atoms with Gasteiger partial charge in [-0.15, -0.1) is 0 Å². The summed E-state index contributed by atoms with van der Waals surface area (Å²) in [5.74, 6) is -1.99. The van der Waals surface area contributed by atoms with Gasteiger partial charge in [-0.3, -0.25) is 4.79 Å². The topological polar surface area (TPSA) is 86.6 Å². The summed E-state index contributed by atoms with van der Waals surface area (Å²) < 4.78 is 0. The van der Waals surface area contributed by atoms with Gasteiger partial charge in [-0.25, -0.2) is 4.79 Å². The van der Waals surface area contributed by atoms with Gasteiger partial charge in [0.15, 0.2) is 6.04 Å². The smallest absolute Gasteiger partial charge is 0.328 e. The Morgan fingerprint density at radius 3 is 2.37 bits per heavy atom. The van der Waals surface area contributed by atoms with Crippen molar-refractivity contribution < 1.29 is 19.8 Å². The predicted molar refractivity (Wildman–Crippen MR) is 72.1 cm³/mol. The number of nitrogens with one attached hydrogen (secondary N) is 1. The number of benzene rings is 1. The number of aliphatic hydroxyl groups excluding tert-OH is 1. The molecule has 0 aliphatic carbocycles. The lowest BCUT2D eigenvalue weighted by Gasteiger charge is -2.09. The number of amides is 1. The molecular formula is C12H11Cl2NO4. The third kappa shape index (κ3) is 4.55. The van der Waals surface area contributed by atoms with E-state index in [-0.39, 0.29) is 0 Å². The van der Waals surface area contributed by atoms with Crippen LogP contribution in [0, 0.1) is 0 Å². The molecular weight excluding hydrogens is 293 g/mol. The first-order chi connectivity index (χ1) is 8.95. The fourth-order valence-corrected chi connectivity index (χ4v) is 1.76. The zero-order chi connectivity index (χ0) is 14.4. The maximum atomic E-state index is 11.5. The number of aliphatic carboxylic acids is 1. The molecule has 0 saturated heterocycles. The maximum absolute atomic E-state index is 11.5. The van der Waals surface area contributed by atoms with Crippen molar-refractivity contribution in [2.24, 2.45) is 0 Å². The van der Waals surface area contributed by atoms with Crippen LogP contribution in [-0.4, -0.2) is 34.7 Å². The number of hydrogen-bond acceptors (Lipinski definition) is 3. The number of carboxylic acids is 1. The van der Waals surface area contributed by atoms with E-state index < -0.39 is 24.5 Å². The molecule has 1 atom stereocenters. The number of carbonyl (C=O) groups excluding carboxylic acids is 1. The Balaban J connectivity index is 2.76. The summed E-state index contributed by atoms with van der Waals surface area (Å²) in [6.07, 6.45) is 2.47. The highest BCUT2D eigenvalue weighted by Crippen LogP contribution is 2.25. The monoisotopic (exact) mass is 303 g/mol. The van der Waals surface area contributed by atoms with Crippen molar-refractivity contribution in [2.45, 2.75) is 6.04 Å². The first kappa shape index (κ1) is 15.5. The molecule has 1 amide bonds. The van der Waals surface area contributed by atoms with E-state index in [1.807, 2.05) is 0 Å². The van der Waals surface area contributed by atoms with Crippen molar-refractivity contribution in [1.29, 1.82) is 0 Å². The van der Waals surface area contributed by atoms with Crippen LogP contribution < -0.4 is 5.32 Å². The predicted octanol–water partition coefficient (Wildman–Crippen LogP) is 1.57. The second-order valence-corrected chi connectivity index (χ2v) is 4.37. The third-order valence-corrected chi connectivity index (χ3v) is 2.86. The van der Waals surface area contributed by atoms with Gasteiger partial charge in [0, 0.05) is 21.7 Å². The van der Waals surface area contributed by atoms with Gasteiger partial charge < -0.3 is 15.5 Å². The molecule has 1 aromatic carbocycles. The number of hydrogen-bond donors (Lipinski definition) is 3. The molecule has 0 aliphatic rings. The zero-order valence-corrected chi connectivity index (χ0v) is 11.1. The van der Waals surface area contributed by atoms with E-state index in [0.29, 0.717) is 15.6 Å². The molecule has 0 spiro atoms. The number of rotatable bonds is 5. The average molecular weight is 304 g/mol. The van der Waals surface area contributed by atoms with E-state index in [1.54, 1.807) is 18.2 Å². The average Bonchev–Trinajstić information content (AvgIpc) is 2.35. The summed E-state index contributed by atoms with van der Waals surface area (Å²) in [5, 5.41) is 20.3. The third-order valence-electron chi connectivity index (χ3n) is 2.20. The van der Waals surface area contributed by atoms with Crippen LogP contribution in [0.3, 0.4) is 0 Å². The second-order valence-electron chi connectivity index (χ2n) is 3.55. The van der Waals surface area contributed by atoms with E-state index in [4.69, 9.17) is 33.4 Å².